The number of nitrogens with one attached hydrogen (secondary N) is 1. The molecule has 1 amide bonds. The minimum absolute atomic E-state index is 0.0215. The Kier molecular flexibility index (Phi) is 5.74. The Hall–Kier alpha value is -3.35. The van der Waals surface area contributed by atoms with Gasteiger partial charge in [-0.15, -0.1) is 0 Å². The van der Waals surface area contributed by atoms with Gasteiger partial charge in [0.15, 0.2) is 6.61 Å². The maximum absolute atomic E-state index is 12.9. The largest absolute Gasteiger partial charge is 0.487 e. The number of ether oxygens (including phenoxy) is 2. The Morgan fingerprint density at radius 3 is 2.66 bits per heavy atom. The highest BCUT2D eigenvalue weighted by Crippen LogP contribution is 2.26. The van der Waals surface area contributed by atoms with Gasteiger partial charge in [0.2, 0.25) is 0 Å². The van der Waals surface area contributed by atoms with E-state index in [1.54, 1.807) is 12.1 Å². The van der Waals surface area contributed by atoms with Gasteiger partial charge in [-0.1, -0.05) is 18.2 Å². The van der Waals surface area contributed by atoms with E-state index in [0.29, 0.717) is 31.2 Å². The second-order valence-electron chi connectivity index (χ2n) is 6.99. The molecular weight excluding hydrogens is 373 g/mol. The van der Waals surface area contributed by atoms with Crippen LogP contribution in [0.4, 0.5) is 4.39 Å². The summed E-state index contributed by atoms with van der Waals surface area (Å²) in [6, 6.07) is 17.2. The van der Waals surface area contributed by atoms with Crippen molar-refractivity contribution >= 4 is 5.91 Å². The molecule has 1 saturated heterocycles. The van der Waals surface area contributed by atoms with Gasteiger partial charge in [-0.2, -0.15) is 5.10 Å². The number of rotatable bonds is 7. The number of carbonyl (C=O) groups is 1. The smallest absolute Gasteiger partial charge is 0.260 e. The zero-order chi connectivity index (χ0) is 20.1. The van der Waals surface area contributed by atoms with Crippen LogP contribution in [0.15, 0.2) is 60.7 Å². The summed E-state index contributed by atoms with van der Waals surface area (Å²) in [5, 5.41) is 7.36. The number of para-hydroxylation sites is 1. The first-order valence-corrected chi connectivity index (χ1v) is 9.55. The fourth-order valence-corrected chi connectivity index (χ4v) is 3.34. The van der Waals surface area contributed by atoms with E-state index in [1.165, 1.54) is 12.1 Å². The van der Waals surface area contributed by atoms with E-state index in [9.17, 15) is 9.18 Å². The van der Waals surface area contributed by atoms with E-state index >= 15 is 0 Å². The lowest BCUT2D eigenvalue weighted by molar-refractivity contribution is -0.132. The number of aromatic amines is 1. The lowest BCUT2D eigenvalue weighted by Gasteiger charge is -2.16. The monoisotopic (exact) mass is 395 g/mol. The van der Waals surface area contributed by atoms with Crippen molar-refractivity contribution in [2.45, 2.75) is 18.9 Å². The Morgan fingerprint density at radius 1 is 1.10 bits per heavy atom. The number of halogens is 1. The van der Waals surface area contributed by atoms with E-state index in [1.807, 2.05) is 41.3 Å². The van der Waals surface area contributed by atoms with E-state index in [-0.39, 0.29) is 24.2 Å². The molecule has 1 atom stereocenters. The van der Waals surface area contributed by atoms with Gasteiger partial charge in [0, 0.05) is 19.0 Å². The third-order valence-corrected chi connectivity index (χ3v) is 4.92. The number of hydrogen-bond acceptors (Lipinski definition) is 4. The molecule has 29 heavy (non-hydrogen) atoms. The lowest BCUT2D eigenvalue weighted by atomic mass is 10.1. The molecule has 0 bridgehead atoms. The van der Waals surface area contributed by atoms with Crippen LogP contribution in [0.2, 0.25) is 0 Å². The predicted octanol–water partition coefficient (Wildman–Crippen LogP) is 3.52. The number of carbonyl (C=O) groups excluding carboxylic acids is 1. The standard InChI is InChI=1S/C22H22FN3O3/c23-17-6-8-20(9-7-17)28-14-18-12-21(25-24-18)16-10-11-26(13-16)22(27)15-29-19-4-2-1-3-5-19/h1-9,12,16H,10-11,13-15H2,(H,24,25)/t16-/m0/s1. The van der Waals surface area contributed by atoms with E-state index in [2.05, 4.69) is 10.2 Å². The first-order valence-electron chi connectivity index (χ1n) is 9.55. The molecule has 150 valence electrons. The Labute approximate surface area is 168 Å². The van der Waals surface area contributed by atoms with Crippen molar-refractivity contribution in [3.8, 4) is 11.5 Å². The third kappa shape index (κ3) is 4.93. The molecule has 1 aliphatic rings. The van der Waals surface area contributed by atoms with Crippen LogP contribution >= 0.6 is 0 Å². The maximum Gasteiger partial charge on any atom is 0.260 e. The average molecular weight is 395 g/mol. The van der Waals surface area contributed by atoms with Crippen molar-refractivity contribution in [3.05, 3.63) is 77.9 Å². The van der Waals surface area contributed by atoms with E-state index in [4.69, 9.17) is 9.47 Å². The van der Waals surface area contributed by atoms with Crippen LogP contribution in [0.1, 0.15) is 23.7 Å². The highest BCUT2D eigenvalue weighted by Gasteiger charge is 2.29. The van der Waals surface area contributed by atoms with Gasteiger partial charge in [0.1, 0.15) is 23.9 Å². The Bertz CT molecular complexity index is 943. The van der Waals surface area contributed by atoms with Crippen molar-refractivity contribution in [1.82, 2.24) is 15.1 Å². The predicted molar refractivity (Wildman–Crippen MR) is 105 cm³/mol. The summed E-state index contributed by atoms with van der Waals surface area (Å²) in [7, 11) is 0. The van der Waals surface area contributed by atoms with Crippen LogP contribution < -0.4 is 9.47 Å². The summed E-state index contributed by atoms with van der Waals surface area (Å²) in [5.74, 6) is 1.15. The van der Waals surface area contributed by atoms with Crippen molar-refractivity contribution in [2.75, 3.05) is 19.7 Å². The number of hydrogen-bond donors (Lipinski definition) is 1. The summed E-state index contributed by atoms with van der Waals surface area (Å²) >= 11 is 0. The molecule has 0 saturated carbocycles. The van der Waals surface area contributed by atoms with Gasteiger partial charge in [0.05, 0.1) is 11.4 Å². The topological polar surface area (TPSA) is 67.4 Å². The number of likely N-dealkylation sites (tertiary alicyclic amines) is 1. The van der Waals surface area contributed by atoms with Crippen LogP contribution in [0.25, 0.3) is 0 Å². The second-order valence-corrected chi connectivity index (χ2v) is 6.99. The minimum atomic E-state index is -0.296. The molecule has 6 nitrogen and oxygen atoms in total. The lowest BCUT2D eigenvalue weighted by Crippen LogP contribution is -2.32. The molecule has 1 N–H and O–H groups in total. The van der Waals surface area contributed by atoms with E-state index < -0.39 is 0 Å². The summed E-state index contributed by atoms with van der Waals surface area (Å²) in [6.07, 6.45) is 0.861. The van der Waals surface area contributed by atoms with Crippen LogP contribution in [-0.4, -0.2) is 40.7 Å². The van der Waals surface area contributed by atoms with Gasteiger partial charge in [-0.3, -0.25) is 9.89 Å². The fourth-order valence-electron chi connectivity index (χ4n) is 3.34. The van der Waals surface area contributed by atoms with Crippen molar-refractivity contribution in [1.29, 1.82) is 0 Å². The number of H-pyrrole nitrogens is 1. The zero-order valence-corrected chi connectivity index (χ0v) is 15.9. The number of amides is 1. The Morgan fingerprint density at radius 2 is 1.86 bits per heavy atom. The summed E-state index contributed by atoms with van der Waals surface area (Å²) < 4.78 is 24.1. The SMILES string of the molecule is O=C(COc1ccccc1)N1CC[C@H](c2cc(COc3ccc(F)cc3)[nH]n2)C1. The van der Waals surface area contributed by atoms with Gasteiger partial charge < -0.3 is 14.4 Å². The fraction of sp³-hybridized carbons (Fsp3) is 0.273. The average Bonchev–Trinajstić information content (AvgIpc) is 3.42. The van der Waals surface area contributed by atoms with Crippen molar-refractivity contribution < 1.29 is 18.7 Å². The van der Waals surface area contributed by atoms with Gasteiger partial charge in [-0.25, -0.2) is 4.39 Å². The highest BCUT2D eigenvalue weighted by atomic mass is 19.1. The number of benzene rings is 2. The molecule has 0 spiro atoms. The minimum Gasteiger partial charge on any atom is -0.487 e. The van der Waals surface area contributed by atoms with Crippen molar-refractivity contribution in [3.63, 3.8) is 0 Å². The van der Waals surface area contributed by atoms with Gasteiger partial charge in [0.25, 0.3) is 5.91 Å². The summed E-state index contributed by atoms with van der Waals surface area (Å²) in [6.45, 7) is 1.67. The van der Waals surface area contributed by atoms with E-state index in [0.717, 1.165) is 17.8 Å². The summed E-state index contributed by atoms with van der Waals surface area (Å²) in [4.78, 5) is 14.2. The normalized spacial score (nSPS) is 16.0. The van der Waals surface area contributed by atoms with Gasteiger partial charge in [-0.05, 0) is 48.9 Å². The quantitative estimate of drug-likeness (QED) is 0.665. The van der Waals surface area contributed by atoms with Crippen LogP contribution in [-0.2, 0) is 11.4 Å². The third-order valence-electron chi connectivity index (χ3n) is 4.92. The maximum atomic E-state index is 12.9. The molecular formula is C22H22FN3O3. The summed E-state index contributed by atoms with van der Waals surface area (Å²) in [5.41, 5.74) is 1.75. The van der Waals surface area contributed by atoms with Crippen LogP contribution in [0.3, 0.4) is 0 Å². The Balaban J connectivity index is 1.26. The molecule has 3 aromatic rings. The number of nitrogens with zero attached hydrogens (tertiary/aromatic N) is 2. The second kappa shape index (κ2) is 8.77. The van der Waals surface area contributed by atoms with Crippen LogP contribution in [0.5, 0.6) is 11.5 Å². The molecule has 1 fully saturated rings. The number of aromatic nitrogens is 2. The molecule has 0 radical (unpaired) electrons. The molecule has 2 aromatic carbocycles. The first-order chi connectivity index (χ1) is 14.2. The molecule has 7 heteroatoms. The molecule has 4 rings (SSSR count). The highest BCUT2D eigenvalue weighted by molar-refractivity contribution is 5.78. The first kappa shape index (κ1) is 19.0. The molecule has 0 aliphatic carbocycles. The molecule has 1 aromatic heterocycles. The molecule has 2 heterocycles. The zero-order valence-electron chi connectivity index (χ0n) is 15.9. The van der Waals surface area contributed by atoms with Gasteiger partial charge >= 0.3 is 0 Å². The van der Waals surface area contributed by atoms with Crippen molar-refractivity contribution in [2.24, 2.45) is 0 Å². The van der Waals surface area contributed by atoms with Crippen LogP contribution in [0, 0.1) is 5.82 Å². The molecule has 1 aliphatic heterocycles. The molecule has 0 unspecified atom stereocenters.